The number of ether oxygens (including phenoxy) is 1. The molecule has 1 saturated heterocycles. The van der Waals surface area contributed by atoms with E-state index in [-0.39, 0.29) is 11.3 Å². The van der Waals surface area contributed by atoms with Crippen LogP contribution in [0, 0.1) is 0 Å². The minimum atomic E-state index is -3.38. The molecule has 1 aliphatic heterocycles. The summed E-state index contributed by atoms with van der Waals surface area (Å²) in [6.07, 6.45) is 0.496. The van der Waals surface area contributed by atoms with E-state index in [2.05, 4.69) is 23.5 Å². The van der Waals surface area contributed by atoms with E-state index < -0.39 is 10.0 Å². The van der Waals surface area contributed by atoms with E-state index in [4.69, 9.17) is 4.74 Å². The minimum absolute atomic E-state index is 0.0647. The summed E-state index contributed by atoms with van der Waals surface area (Å²) in [6.45, 7) is 6.51. The molecule has 0 aliphatic carbocycles. The van der Waals surface area contributed by atoms with Gasteiger partial charge >= 0.3 is 0 Å². The van der Waals surface area contributed by atoms with Crippen molar-refractivity contribution in [3.63, 3.8) is 0 Å². The fourth-order valence-corrected chi connectivity index (χ4v) is 4.28. The zero-order valence-corrected chi connectivity index (χ0v) is 16.1. The third-order valence-corrected chi connectivity index (χ3v) is 5.89. The normalized spacial score (nSPS) is 17.1. The number of hydrogen-bond donors (Lipinski definition) is 1. The first-order chi connectivity index (χ1) is 12.4. The van der Waals surface area contributed by atoms with E-state index in [0.717, 1.165) is 17.8 Å². The van der Waals surface area contributed by atoms with Gasteiger partial charge < -0.3 is 9.64 Å². The number of aryl methyl sites for hydroxylation is 1. The second kappa shape index (κ2) is 7.68. The average molecular weight is 375 g/mol. The summed E-state index contributed by atoms with van der Waals surface area (Å²) >= 11 is 0. The predicted molar refractivity (Wildman–Crippen MR) is 106 cm³/mol. The summed E-state index contributed by atoms with van der Waals surface area (Å²) in [4.78, 5) is 2.30. The lowest BCUT2D eigenvalue weighted by atomic mass is 10.0. The van der Waals surface area contributed by atoms with Gasteiger partial charge in [-0.25, -0.2) is 8.42 Å². The molecule has 0 radical (unpaired) electrons. The molecule has 1 N–H and O–H groups in total. The van der Waals surface area contributed by atoms with Gasteiger partial charge in [0.2, 0.25) is 10.0 Å². The van der Waals surface area contributed by atoms with Gasteiger partial charge in [-0.05, 0) is 50.1 Å². The van der Waals surface area contributed by atoms with Gasteiger partial charge in [-0.3, -0.25) is 4.72 Å². The van der Waals surface area contributed by atoms with E-state index in [0.29, 0.717) is 25.3 Å². The van der Waals surface area contributed by atoms with Crippen molar-refractivity contribution < 1.29 is 13.2 Å². The Morgan fingerprint density at radius 2 is 1.77 bits per heavy atom. The Bertz CT molecular complexity index is 818. The van der Waals surface area contributed by atoms with Gasteiger partial charge in [0.25, 0.3) is 0 Å². The van der Waals surface area contributed by atoms with Gasteiger partial charge in [0.05, 0.1) is 24.5 Å². The molecule has 0 spiro atoms. The molecule has 140 valence electrons. The van der Waals surface area contributed by atoms with Crippen LogP contribution in [0.4, 0.5) is 11.4 Å². The molecule has 1 aliphatic rings. The van der Waals surface area contributed by atoms with Gasteiger partial charge in [0, 0.05) is 17.9 Å². The van der Waals surface area contributed by atoms with Crippen molar-refractivity contribution in [3.8, 4) is 0 Å². The topological polar surface area (TPSA) is 58.6 Å². The highest BCUT2D eigenvalue weighted by Crippen LogP contribution is 2.28. The second-order valence-electron chi connectivity index (χ2n) is 7.22. The van der Waals surface area contributed by atoms with E-state index in [1.807, 2.05) is 54.6 Å². The van der Waals surface area contributed by atoms with Crippen LogP contribution in [-0.2, 0) is 21.2 Å². The summed E-state index contributed by atoms with van der Waals surface area (Å²) in [5.74, 6) is 0.0647. The Hall–Kier alpha value is -2.05. The van der Waals surface area contributed by atoms with Gasteiger partial charge in [0.15, 0.2) is 0 Å². The van der Waals surface area contributed by atoms with Crippen molar-refractivity contribution in [3.05, 3.63) is 60.2 Å². The smallest absolute Gasteiger partial charge is 0.233 e. The summed E-state index contributed by atoms with van der Waals surface area (Å²) in [6, 6.07) is 17.2. The monoisotopic (exact) mass is 374 g/mol. The summed E-state index contributed by atoms with van der Waals surface area (Å²) in [7, 11) is -3.38. The Morgan fingerprint density at radius 1 is 1.08 bits per heavy atom. The largest absolute Gasteiger partial charge is 0.377 e. The molecule has 0 aromatic heterocycles. The third kappa shape index (κ3) is 4.77. The van der Waals surface area contributed by atoms with E-state index in [1.54, 1.807) is 0 Å². The van der Waals surface area contributed by atoms with Crippen molar-refractivity contribution in [2.75, 3.05) is 35.1 Å². The Labute approximate surface area is 156 Å². The zero-order chi connectivity index (χ0) is 18.6. The number of anilines is 2. The van der Waals surface area contributed by atoms with Crippen LogP contribution in [-0.4, -0.2) is 39.5 Å². The molecule has 2 aromatic rings. The quantitative estimate of drug-likeness (QED) is 0.843. The summed E-state index contributed by atoms with van der Waals surface area (Å²) in [5, 5.41) is 0. The molecule has 0 amide bonds. The number of benzene rings is 2. The van der Waals surface area contributed by atoms with E-state index in [9.17, 15) is 8.42 Å². The average Bonchev–Trinajstić information content (AvgIpc) is 2.61. The fourth-order valence-electron chi connectivity index (χ4n) is 3.17. The first-order valence-electron chi connectivity index (χ1n) is 8.86. The lowest BCUT2D eigenvalue weighted by Gasteiger charge is -2.43. The van der Waals surface area contributed by atoms with Gasteiger partial charge in [-0.15, -0.1) is 0 Å². The zero-order valence-electron chi connectivity index (χ0n) is 15.3. The van der Waals surface area contributed by atoms with E-state index >= 15 is 0 Å². The number of sulfonamides is 1. The lowest BCUT2D eigenvalue weighted by molar-refractivity contribution is 0.0644. The van der Waals surface area contributed by atoms with Crippen molar-refractivity contribution in [2.45, 2.75) is 25.8 Å². The van der Waals surface area contributed by atoms with Crippen molar-refractivity contribution in [1.29, 1.82) is 0 Å². The molecule has 2 aromatic carbocycles. The maximum atomic E-state index is 12.3. The van der Waals surface area contributed by atoms with Crippen molar-refractivity contribution >= 4 is 21.4 Å². The molecule has 0 bridgehead atoms. The van der Waals surface area contributed by atoms with Crippen molar-refractivity contribution in [1.82, 2.24) is 0 Å². The van der Waals surface area contributed by atoms with E-state index in [1.165, 1.54) is 0 Å². The molecule has 3 rings (SSSR count). The molecule has 5 nitrogen and oxygen atoms in total. The first-order valence-corrected chi connectivity index (χ1v) is 10.5. The maximum Gasteiger partial charge on any atom is 0.233 e. The number of nitrogens with zero attached hydrogens (tertiary/aromatic N) is 1. The molecule has 0 atom stereocenters. The molecular formula is C20H26N2O3S. The summed E-state index contributed by atoms with van der Waals surface area (Å²) < 4.78 is 32.9. The van der Waals surface area contributed by atoms with Gasteiger partial charge in [0.1, 0.15) is 0 Å². The highest BCUT2D eigenvalue weighted by atomic mass is 32.2. The third-order valence-electron chi connectivity index (χ3n) is 4.60. The maximum absolute atomic E-state index is 12.3. The van der Waals surface area contributed by atoms with Crippen LogP contribution in [0.2, 0.25) is 0 Å². The van der Waals surface area contributed by atoms with Gasteiger partial charge in [-0.2, -0.15) is 0 Å². The second-order valence-corrected chi connectivity index (χ2v) is 9.06. The highest BCUT2D eigenvalue weighted by molar-refractivity contribution is 7.92. The van der Waals surface area contributed by atoms with Crippen LogP contribution in [0.15, 0.2) is 54.6 Å². The SMILES string of the molecule is CC1(C)COCCN1c1ccc(NS(=O)(=O)CCc2ccccc2)cc1. The summed E-state index contributed by atoms with van der Waals surface area (Å²) in [5.41, 5.74) is 2.61. The molecule has 0 unspecified atom stereocenters. The Balaban J connectivity index is 1.63. The molecule has 0 saturated carbocycles. The molecular weight excluding hydrogens is 348 g/mol. The molecule has 26 heavy (non-hydrogen) atoms. The van der Waals surface area contributed by atoms with Crippen LogP contribution in [0.3, 0.4) is 0 Å². The van der Waals surface area contributed by atoms with Crippen LogP contribution in [0.1, 0.15) is 19.4 Å². The lowest BCUT2D eigenvalue weighted by Crippen LogP contribution is -2.53. The predicted octanol–water partition coefficient (Wildman–Crippen LogP) is 3.29. The van der Waals surface area contributed by atoms with Crippen LogP contribution >= 0.6 is 0 Å². The number of nitrogens with one attached hydrogen (secondary N) is 1. The number of rotatable bonds is 6. The van der Waals surface area contributed by atoms with Crippen molar-refractivity contribution in [2.24, 2.45) is 0 Å². The fraction of sp³-hybridized carbons (Fsp3) is 0.400. The first kappa shape index (κ1) is 18.7. The Kier molecular flexibility index (Phi) is 5.53. The van der Waals surface area contributed by atoms with Crippen LogP contribution in [0.5, 0.6) is 0 Å². The number of morpholine rings is 1. The van der Waals surface area contributed by atoms with Crippen LogP contribution in [0.25, 0.3) is 0 Å². The standard InChI is InChI=1S/C20H26N2O3S/c1-20(2)16-25-14-13-22(20)19-10-8-18(9-11-19)21-26(23,24)15-12-17-6-4-3-5-7-17/h3-11,21H,12-16H2,1-2H3. The minimum Gasteiger partial charge on any atom is -0.377 e. The van der Waals surface area contributed by atoms with Gasteiger partial charge in [-0.1, -0.05) is 30.3 Å². The number of hydrogen-bond acceptors (Lipinski definition) is 4. The van der Waals surface area contributed by atoms with Crippen LogP contribution < -0.4 is 9.62 Å². The highest BCUT2D eigenvalue weighted by Gasteiger charge is 2.30. The molecule has 1 heterocycles. The molecule has 1 fully saturated rings. The molecule has 6 heteroatoms. The Morgan fingerprint density at radius 3 is 2.42 bits per heavy atom.